The standard InChI is InChI=1S/C25H21F4N3O3/c1-14(25(27,28)29)30-13-32(31-12-11-19(33)23(34)22(31)24(30)35)21-17-7-3-2-5-15(17)9-10-16-6-4-8-18(26)20(16)21/h2-8,11-12,14,21,34H,9-10,13H2,1H3/t14-,21-/m1/s1. The summed E-state index contributed by atoms with van der Waals surface area (Å²) in [4.78, 5) is 25.8. The van der Waals surface area contributed by atoms with Crippen LogP contribution in [-0.4, -0.2) is 39.5 Å². The zero-order valence-electron chi connectivity index (χ0n) is 18.6. The minimum atomic E-state index is -4.77. The van der Waals surface area contributed by atoms with Crippen LogP contribution in [0.2, 0.25) is 0 Å². The molecule has 35 heavy (non-hydrogen) atoms. The highest BCUT2D eigenvalue weighted by atomic mass is 19.4. The lowest BCUT2D eigenvalue weighted by Crippen LogP contribution is -2.60. The summed E-state index contributed by atoms with van der Waals surface area (Å²) in [6.07, 6.45) is -2.45. The van der Waals surface area contributed by atoms with Crippen LogP contribution in [0.15, 0.2) is 59.5 Å². The van der Waals surface area contributed by atoms with E-state index in [2.05, 4.69) is 0 Å². The lowest BCUT2D eigenvalue weighted by molar-refractivity contribution is -0.173. The highest BCUT2D eigenvalue weighted by Gasteiger charge is 2.47. The van der Waals surface area contributed by atoms with E-state index in [1.54, 1.807) is 24.3 Å². The van der Waals surface area contributed by atoms with Crippen molar-refractivity contribution in [3.8, 4) is 5.75 Å². The number of carbonyl (C=O) groups is 1. The smallest absolute Gasteiger partial charge is 0.408 e. The van der Waals surface area contributed by atoms with Crippen molar-refractivity contribution in [2.45, 2.75) is 38.0 Å². The molecule has 1 aliphatic heterocycles. The number of rotatable bonds is 2. The molecular weight excluding hydrogens is 466 g/mol. The van der Waals surface area contributed by atoms with Crippen LogP contribution in [0.25, 0.3) is 0 Å². The van der Waals surface area contributed by atoms with Gasteiger partial charge in [-0.3, -0.25) is 19.3 Å². The molecule has 2 aromatic carbocycles. The Bertz CT molecular complexity index is 1390. The molecule has 0 fully saturated rings. The Morgan fingerprint density at radius 3 is 2.43 bits per heavy atom. The third-order valence-electron chi connectivity index (χ3n) is 6.76. The van der Waals surface area contributed by atoms with Crippen LogP contribution in [0, 0.1) is 5.82 Å². The van der Waals surface area contributed by atoms with Gasteiger partial charge in [-0.05, 0) is 42.5 Å². The number of alkyl halides is 3. The Hall–Kier alpha value is -3.82. The van der Waals surface area contributed by atoms with E-state index in [1.165, 1.54) is 21.9 Å². The van der Waals surface area contributed by atoms with Crippen molar-refractivity contribution >= 4 is 5.91 Å². The molecule has 2 heterocycles. The van der Waals surface area contributed by atoms with E-state index in [9.17, 15) is 27.9 Å². The van der Waals surface area contributed by atoms with Gasteiger partial charge in [0.1, 0.15) is 24.6 Å². The number of aromatic nitrogens is 1. The van der Waals surface area contributed by atoms with Gasteiger partial charge in [0.15, 0.2) is 11.4 Å². The van der Waals surface area contributed by atoms with Gasteiger partial charge in [0.2, 0.25) is 5.43 Å². The van der Waals surface area contributed by atoms with Crippen molar-refractivity contribution < 1.29 is 27.5 Å². The van der Waals surface area contributed by atoms with Gasteiger partial charge in [-0.25, -0.2) is 4.39 Å². The summed E-state index contributed by atoms with van der Waals surface area (Å²) in [6.45, 7) is 0.279. The summed E-state index contributed by atoms with van der Waals surface area (Å²) in [6, 6.07) is 9.74. The second-order valence-corrected chi connectivity index (χ2v) is 8.71. The molecule has 1 aliphatic carbocycles. The molecule has 6 nitrogen and oxygen atoms in total. The molecule has 1 amide bonds. The molecule has 2 aliphatic rings. The van der Waals surface area contributed by atoms with Crippen molar-refractivity contribution in [2.24, 2.45) is 0 Å². The molecule has 1 N–H and O–H groups in total. The van der Waals surface area contributed by atoms with E-state index in [4.69, 9.17) is 0 Å². The summed E-state index contributed by atoms with van der Waals surface area (Å²) < 4.78 is 57.8. The number of carbonyl (C=O) groups excluding carboxylic acids is 1. The highest BCUT2D eigenvalue weighted by molar-refractivity contribution is 5.96. The van der Waals surface area contributed by atoms with Crippen molar-refractivity contribution in [1.29, 1.82) is 0 Å². The van der Waals surface area contributed by atoms with E-state index in [0.717, 1.165) is 18.6 Å². The first kappa shape index (κ1) is 22.9. The van der Waals surface area contributed by atoms with Gasteiger partial charge in [-0.2, -0.15) is 13.2 Å². The van der Waals surface area contributed by atoms with Crippen molar-refractivity contribution in [1.82, 2.24) is 9.58 Å². The molecule has 1 aromatic heterocycles. The van der Waals surface area contributed by atoms with Gasteiger partial charge >= 0.3 is 6.18 Å². The molecular formula is C25H21F4N3O3. The minimum absolute atomic E-state index is 0.274. The number of pyridine rings is 1. The Labute approximate surface area is 197 Å². The zero-order valence-corrected chi connectivity index (χ0v) is 18.6. The summed E-state index contributed by atoms with van der Waals surface area (Å²) in [5.41, 5.74) is 1.00. The number of halogens is 4. The molecule has 5 rings (SSSR count). The zero-order chi connectivity index (χ0) is 25.1. The number of aromatic hydroxyl groups is 1. The number of hydrogen-bond donors (Lipinski definition) is 1. The number of amides is 1. The Kier molecular flexibility index (Phi) is 5.34. The number of aryl methyl sites for hydroxylation is 2. The van der Waals surface area contributed by atoms with Gasteiger partial charge in [0.25, 0.3) is 5.91 Å². The van der Waals surface area contributed by atoms with Crippen molar-refractivity contribution in [3.05, 3.63) is 98.7 Å². The monoisotopic (exact) mass is 487 g/mol. The maximum atomic E-state index is 15.4. The quantitative estimate of drug-likeness (QED) is 0.558. The van der Waals surface area contributed by atoms with E-state index in [1.807, 2.05) is 12.1 Å². The second-order valence-electron chi connectivity index (χ2n) is 8.71. The van der Waals surface area contributed by atoms with Gasteiger partial charge in [-0.1, -0.05) is 36.4 Å². The van der Waals surface area contributed by atoms with Gasteiger partial charge in [0, 0.05) is 17.8 Å². The van der Waals surface area contributed by atoms with Crippen LogP contribution >= 0.6 is 0 Å². The van der Waals surface area contributed by atoms with E-state index in [-0.39, 0.29) is 5.56 Å². The normalized spacial score (nSPS) is 18.4. The minimum Gasteiger partial charge on any atom is -0.502 e. The Balaban J connectivity index is 1.80. The molecule has 10 heteroatoms. The first-order valence-corrected chi connectivity index (χ1v) is 11.0. The summed E-state index contributed by atoms with van der Waals surface area (Å²) in [5.74, 6) is -2.64. The molecule has 0 radical (unpaired) electrons. The number of nitrogens with zero attached hydrogens (tertiary/aromatic N) is 3. The molecule has 0 bridgehead atoms. The van der Waals surface area contributed by atoms with Gasteiger partial charge in [-0.15, -0.1) is 0 Å². The molecule has 0 saturated heterocycles. The molecule has 182 valence electrons. The lowest BCUT2D eigenvalue weighted by atomic mass is 9.93. The summed E-state index contributed by atoms with van der Waals surface area (Å²) in [7, 11) is 0. The van der Waals surface area contributed by atoms with E-state index in [0.29, 0.717) is 28.9 Å². The first-order chi connectivity index (χ1) is 16.6. The number of benzene rings is 2. The third-order valence-corrected chi connectivity index (χ3v) is 6.76. The lowest BCUT2D eigenvalue weighted by Gasteiger charge is -2.46. The topological polar surface area (TPSA) is 65.8 Å². The predicted molar refractivity (Wildman–Crippen MR) is 119 cm³/mol. The van der Waals surface area contributed by atoms with Crippen molar-refractivity contribution in [2.75, 3.05) is 11.7 Å². The van der Waals surface area contributed by atoms with Gasteiger partial charge in [0.05, 0.1) is 0 Å². The van der Waals surface area contributed by atoms with E-state index < -0.39 is 53.5 Å². The fourth-order valence-electron chi connectivity index (χ4n) is 4.90. The number of hydrogen-bond acceptors (Lipinski definition) is 4. The van der Waals surface area contributed by atoms with Gasteiger partial charge < -0.3 is 10.0 Å². The average molecular weight is 487 g/mol. The predicted octanol–water partition coefficient (Wildman–Crippen LogP) is 3.88. The van der Waals surface area contributed by atoms with Crippen LogP contribution < -0.4 is 10.4 Å². The van der Waals surface area contributed by atoms with Crippen molar-refractivity contribution in [3.63, 3.8) is 0 Å². The average Bonchev–Trinajstić information content (AvgIpc) is 2.98. The van der Waals surface area contributed by atoms with Crippen LogP contribution in [0.5, 0.6) is 5.75 Å². The van der Waals surface area contributed by atoms with Crippen LogP contribution in [0.1, 0.15) is 45.7 Å². The first-order valence-electron chi connectivity index (χ1n) is 11.0. The molecule has 0 saturated carbocycles. The largest absolute Gasteiger partial charge is 0.502 e. The molecule has 0 unspecified atom stereocenters. The SMILES string of the molecule is C[C@@H](N1CN([C@@H]2c3ccccc3CCc3cccc(F)c32)n2ccc(=O)c(O)c2C1=O)C(F)(F)F. The Morgan fingerprint density at radius 2 is 1.69 bits per heavy atom. The number of fused-ring (bicyclic) bond motifs is 3. The molecule has 3 aromatic rings. The molecule has 0 spiro atoms. The third kappa shape index (κ3) is 3.64. The highest BCUT2D eigenvalue weighted by Crippen LogP contribution is 2.40. The van der Waals surface area contributed by atoms with Crippen LogP contribution in [0.4, 0.5) is 17.6 Å². The second kappa shape index (κ2) is 8.14. The maximum Gasteiger partial charge on any atom is 0.408 e. The fourth-order valence-corrected chi connectivity index (χ4v) is 4.90. The Morgan fingerprint density at radius 1 is 1.00 bits per heavy atom. The maximum absolute atomic E-state index is 15.4. The molecule has 2 atom stereocenters. The van der Waals surface area contributed by atoms with Crippen LogP contribution in [0.3, 0.4) is 0 Å². The summed E-state index contributed by atoms with van der Waals surface area (Å²) in [5, 5.41) is 11.9. The summed E-state index contributed by atoms with van der Waals surface area (Å²) >= 11 is 0. The fraction of sp³-hybridized carbons (Fsp3) is 0.280. The van der Waals surface area contributed by atoms with Crippen LogP contribution in [-0.2, 0) is 12.8 Å². The van der Waals surface area contributed by atoms with E-state index >= 15 is 4.39 Å².